The van der Waals surface area contributed by atoms with Crippen LogP contribution in [-0.4, -0.2) is 21.9 Å². The number of nitrogens with zero attached hydrogens (tertiary/aromatic N) is 3. The van der Waals surface area contributed by atoms with E-state index in [2.05, 4.69) is 16.4 Å². The van der Waals surface area contributed by atoms with Crippen molar-refractivity contribution in [1.82, 2.24) is 14.8 Å². The van der Waals surface area contributed by atoms with Gasteiger partial charge in [0.05, 0.1) is 7.11 Å². The highest BCUT2D eigenvalue weighted by atomic mass is 16.5. The molecular weight excluding hydrogens is 364 g/mol. The SMILES string of the molecule is COc1ccc(-c2nn3c(nc2=O)-c2ccccc2N[C@H]3C2CCCCC2)cc1. The van der Waals surface area contributed by atoms with Crippen molar-refractivity contribution in [3.63, 3.8) is 0 Å². The molecule has 1 fully saturated rings. The zero-order valence-electron chi connectivity index (χ0n) is 16.5. The van der Waals surface area contributed by atoms with Gasteiger partial charge in [-0.3, -0.25) is 4.79 Å². The van der Waals surface area contributed by atoms with Crippen LogP contribution in [0.25, 0.3) is 22.6 Å². The van der Waals surface area contributed by atoms with Gasteiger partial charge >= 0.3 is 0 Å². The number of nitrogens with one attached hydrogen (secondary N) is 1. The molecule has 2 aromatic carbocycles. The number of rotatable bonds is 3. The number of hydrogen-bond donors (Lipinski definition) is 1. The minimum Gasteiger partial charge on any atom is -0.497 e. The molecule has 1 atom stereocenters. The van der Waals surface area contributed by atoms with Gasteiger partial charge in [-0.1, -0.05) is 31.4 Å². The zero-order valence-corrected chi connectivity index (χ0v) is 16.5. The number of benzene rings is 2. The van der Waals surface area contributed by atoms with E-state index in [1.807, 2.05) is 47.1 Å². The average Bonchev–Trinajstić information content (AvgIpc) is 2.79. The average molecular weight is 388 g/mol. The smallest absolute Gasteiger partial charge is 0.300 e. The highest BCUT2D eigenvalue weighted by Crippen LogP contribution is 2.40. The van der Waals surface area contributed by atoms with Crippen LogP contribution in [0.5, 0.6) is 5.75 Å². The van der Waals surface area contributed by atoms with Gasteiger partial charge < -0.3 is 10.1 Å². The van der Waals surface area contributed by atoms with Gasteiger partial charge in [-0.2, -0.15) is 10.1 Å². The fourth-order valence-corrected chi connectivity index (χ4v) is 4.50. The lowest BCUT2D eigenvalue weighted by Gasteiger charge is -2.37. The van der Waals surface area contributed by atoms with E-state index in [0.717, 1.165) is 35.4 Å². The summed E-state index contributed by atoms with van der Waals surface area (Å²) in [6.45, 7) is 0. The monoisotopic (exact) mass is 388 g/mol. The highest BCUT2D eigenvalue weighted by molar-refractivity contribution is 5.76. The molecule has 1 N–H and O–H groups in total. The van der Waals surface area contributed by atoms with E-state index in [1.165, 1.54) is 19.3 Å². The molecule has 0 unspecified atom stereocenters. The van der Waals surface area contributed by atoms with E-state index in [0.29, 0.717) is 17.4 Å². The summed E-state index contributed by atoms with van der Waals surface area (Å²) >= 11 is 0. The summed E-state index contributed by atoms with van der Waals surface area (Å²) in [6.07, 6.45) is 6.08. The number of methoxy groups -OCH3 is 1. The van der Waals surface area contributed by atoms with Crippen LogP contribution in [-0.2, 0) is 0 Å². The van der Waals surface area contributed by atoms with E-state index < -0.39 is 0 Å². The fraction of sp³-hybridized carbons (Fsp3) is 0.348. The first-order valence-corrected chi connectivity index (χ1v) is 10.3. The van der Waals surface area contributed by atoms with Crippen LogP contribution in [0.1, 0.15) is 38.3 Å². The molecule has 1 aromatic heterocycles. The summed E-state index contributed by atoms with van der Waals surface area (Å²) in [5.41, 5.74) is 2.76. The molecule has 0 saturated heterocycles. The Balaban J connectivity index is 1.66. The molecule has 148 valence electrons. The molecule has 5 rings (SSSR count). The first-order chi connectivity index (χ1) is 14.2. The molecule has 6 heteroatoms. The van der Waals surface area contributed by atoms with Gasteiger partial charge in [-0.25, -0.2) is 4.68 Å². The third kappa shape index (κ3) is 3.18. The van der Waals surface area contributed by atoms with Crippen LogP contribution in [0.3, 0.4) is 0 Å². The Morgan fingerprint density at radius 1 is 1.03 bits per heavy atom. The number of anilines is 1. The van der Waals surface area contributed by atoms with Crippen LogP contribution >= 0.6 is 0 Å². The number of fused-ring (bicyclic) bond motifs is 3. The normalized spacial score (nSPS) is 18.4. The van der Waals surface area contributed by atoms with E-state index in [9.17, 15) is 4.79 Å². The molecule has 1 aliphatic heterocycles. The lowest BCUT2D eigenvalue weighted by molar-refractivity contribution is 0.253. The molecular formula is C23H24N4O2. The summed E-state index contributed by atoms with van der Waals surface area (Å²) in [5.74, 6) is 1.86. The van der Waals surface area contributed by atoms with Crippen LogP contribution in [0, 0.1) is 5.92 Å². The largest absolute Gasteiger partial charge is 0.497 e. The Kier molecular flexibility index (Phi) is 4.54. The molecule has 1 saturated carbocycles. The lowest BCUT2D eigenvalue weighted by atomic mass is 9.86. The summed E-state index contributed by atoms with van der Waals surface area (Å²) < 4.78 is 7.18. The quantitative estimate of drug-likeness (QED) is 0.716. The number of para-hydroxylation sites is 1. The minimum absolute atomic E-state index is 0.00491. The Labute approximate surface area is 169 Å². The summed E-state index contributed by atoms with van der Waals surface area (Å²) in [6, 6.07) is 15.4. The predicted molar refractivity (Wildman–Crippen MR) is 113 cm³/mol. The highest BCUT2D eigenvalue weighted by Gasteiger charge is 2.33. The molecule has 0 radical (unpaired) electrons. The third-order valence-corrected chi connectivity index (χ3v) is 6.03. The Morgan fingerprint density at radius 3 is 2.55 bits per heavy atom. The number of ether oxygens (including phenoxy) is 1. The standard InChI is InChI=1S/C23H24N4O2/c1-29-17-13-11-15(12-14-17)20-23(28)25-22-18-9-5-6-10-19(18)24-21(27(22)26-20)16-7-3-2-4-8-16/h5-6,9-14,16,21,24H,2-4,7-8H2,1H3/t21-/m1/s1. The maximum atomic E-state index is 12.9. The maximum Gasteiger partial charge on any atom is 0.300 e. The van der Waals surface area contributed by atoms with Crippen molar-refractivity contribution in [2.24, 2.45) is 5.92 Å². The molecule has 6 nitrogen and oxygen atoms in total. The number of aromatic nitrogens is 3. The van der Waals surface area contributed by atoms with Crippen molar-refractivity contribution < 1.29 is 4.74 Å². The van der Waals surface area contributed by atoms with Gasteiger partial charge in [0.2, 0.25) is 0 Å². The number of hydrogen-bond acceptors (Lipinski definition) is 5. The molecule has 2 aliphatic rings. The summed E-state index contributed by atoms with van der Waals surface area (Å²) in [5, 5.41) is 8.51. The van der Waals surface area contributed by atoms with Crippen molar-refractivity contribution in [2.75, 3.05) is 12.4 Å². The van der Waals surface area contributed by atoms with Gasteiger partial charge in [-0.15, -0.1) is 0 Å². The van der Waals surface area contributed by atoms with E-state index in [4.69, 9.17) is 9.84 Å². The second-order valence-electron chi connectivity index (χ2n) is 7.80. The van der Waals surface area contributed by atoms with E-state index >= 15 is 0 Å². The van der Waals surface area contributed by atoms with Gasteiger partial charge in [0, 0.05) is 16.8 Å². The summed E-state index contributed by atoms with van der Waals surface area (Å²) in [7, 11) is 1.63. The van der Waals surface area contributed by atoms with Gasteiger partial charge in [-0.05, 0) is 55.2 Å². The topological polar surface area (TPSA) is 69.0 Å². The first-order valence-electron chi connectivity index (χ1n) is 10.3. The van der Waals surface area contributed by atoms with Crippen molar-refractivity contribution in [2.45, 2.75) is 38.3 Å². The van der Waals surface area contributed by atoms with Gasteiger partial charge in [0.1, 0.15) is 11.9 Å². The predicted octanol–water partition coefficient (Wildman–Crippen LogP) is 4.49. The minimum atomic E-state index is -0.305. The molecule has 1 aliphatic carbocycles. The van der Waals surface area contributed by atoms with Crippen molar-refractivity contribution in [3.05, 3.63) is 58.9 Å². The zero-order chi connectivity index (χ0) is 19.8. The summed E-state index contributed by atoms with van der Waals surface area (Å²) in [4.78, 5) is 17.4. The Morgan fingerprint density at radius 2 is 1.79 bits per heavy atom. The second kappa shape index (κ2) is 7.35. The van der Waals surface area contributed by atoms with Crippen molar-refractivity contribution >= 4 is 5.69 Å². The molecule has 0 bridgehead atoms. The van der Waals surface area contributed by atoms with Crippen LogP contribution in [0.15, 0.2) is 53.3 Å². The first kappa shape index (κ1) is 17.9. The molecule has 29 heavy (non-hydrogen) atoms. The molecule has 0 amide bonds. The van der Waals surface area contributed by atoms with Crippen LogP contribution in [0.2, 0.25) is 0 Å². The van der Waals surface area contributed by atoms with Gasteiger partial charge in [0.25, 0.3) is 5.56 Å². The van der Waals surface area contributed by atoms with Crippen LogP contribution < -0.4 is 15.6 Å². The van der Waals surface area contributed by atoms with Crippen LogP contribution in [0.4, 0.5) is 5.69 Å². The second-order valence-corrected chi connectivity index (χ2v) is 7.80. The molecule has 2 heterocycles. The Bertz CT molecular complexity index is 1080. The molecule has 0 spiro atoms. The third-order valence-electron chi connectivity index (χ3n) is 6.03. The van der Waals surface area contributed by atoms with E-state index in [1.54, 1.807) is 7.11 Å². The van der Waals surface area contributed by atoms with E-state index in [-0.39, 0.29) is 11.7 Å². The van der Waals surface area contributed by atoms with Crippen molar-refractivity contribution in [1.29, 1.82) is 0 Å². The van der Waals surface area contributed by atoms with Crippen molar-refractivity contribution in [3.8, 4) is 28.4 Å². The van der Waals surface area contributed by atoms with Gasteiger partial charge in [0.15, 0.2) is 11.5 Å². The Hall–Kier alpha value is -3.15. The fourth-order valence-electron chi connectivity index (χ4n) is 4.50. The lowest BCUT2D eigenvalue weighted by Crippen LogP contribution is -2.36. The maximum absolute atomic E-state index is 12.9. The molecule has 3 aromatic rings.